The van der Waals surface area contributed by atoms with Gasteiger partial charge in [0.05, 0.1) is 31.1 Å². The van der Waals surface area contributed by atoms with Crippen LogP contribution in [0.1, 0.15) is 11.3 Å². The van der Waals surface area contributed by atoms with E-state index in [0.29, 0.717) is 40.1 Å². The molecule has 0 radical (unpaired) electrons. The molecular weight excluding hydrogens is 470 g/mol. The third-order valence-electron chi connectivity index (χ3n) is 5.53. The van der Waals surface area contributed by atoms with E-state index in [0.717, 1.165) is 5.56 Å². The van der Waals surface area contributed by atoms with Crippen molar-refractivity contribution in [2.45, 2.75) is 19.5 Å². The van der Waals surface area contributed by atoms with Crippen molar-refractivity contribution in [3.8, 4) is 0 Å². The van der Waals surface area contributed by atoms with E-state index in [4.69, 9.17) is 16.0 Å². The number of carbonyl (C=O) groups excluding carboxylic acids is 1. The Morgan fingerprint density at radius 3 is 2.77 bits per heavy atom. The van der Waals surface area contributed by atoms with E-state index < -0.39 is 0 Å². The summed E-state index contributed by atoms with van der Waals surface area (Å²) in [6.45, 7) is 0.927. The van der Waals surface area contributed by atoms with Crippen molar-refractivity contribution in [1.29, 1.82) is 0 Å². The van der Waals surface area contributed by atoms with Crippen molar-refractivity contribution in [2.75, 3.05) is 6.54 Å². The number of nitrogens with zero attached hydrogens (tertiary/aromatic N) is 4. The minimum absolute atomic E-state index is 0.0631. The van der Waals surface area contributed by atoms with Crippen LogP contribution in [-0.2, 0) is 24.3 Å². The Morgan fingerprint density at radius 2 is 1.91 bits per heavy atom. The number of carbonyl (C=O) groups is 1. The Morgan fingerprint density at radius 1 is 1.06 bits per heavy atom. The number of aromatic nitrogens is 4. The molecule has 176 valence electrons. The first kappa shape index (κ1) is 22.5. The average molecular weight is 490 g/mol. The molecule has 35 heavy (non-hydrogen) atoms. The van der Waals surface area contributed by atoms with Gasteiger partial charge in [-0.2, -0.15) is 5.10 Å². The summed E-state index contributed by atoms with van der Waals surface area (Å²) in [6.07, 6.45) is 2.89. The molecule has 5 aromatic rings. The number of benzene rings is 2. The summed E-state index contributed by atoms with van der Waals surface area (Å²) < 4.78 is 8.73. The van der Waals surface area contributed by atoms with E-state index in [1.165, 1.54) is 23.2 Å². The fourth-order valence-corrected chi connectivity index (χ4v) is 4.08. The highest BCUT2D eigenvalue weighted by Gasteiger charge is 2.12. The molecule has 3 aromatic heterocycles. The van der Waals surface area contributed by atoms with Crippen LogP contribution in [0, 0.1) is 0 Å². The predicted molar refractivity (Wildman–Crippen MR) is 132 cm³/mol. The lowest BCUT2D eigenvalue weighted by Gasteiger charge is -2.08. The van der Waals surface area contributed by atoms with Crippen LogP contribution in [0.3, 0.4) is 0 Å². The van der Waals surface area contributed by atoms with Gasteiger partial charge in [0, 0.05) is 17.6 Å². The Bertz CT molecular complexity index is 1670. The van der Waals surface area contributed by atoms with E-state index in [2.05, 4.69) is 15.4 Å². The molecule has 0 fully saturated rings. The van der Waals surface area contributed by atoms with Gasteiger partial charge in [-0.05, 0) is 29.8 Å². The molecule has 3 heterocycles. The van der Waals surface area contributed by atoms with Crippen molar-refractivity contribution in [1.82, 2.24) is 24.6 Å². The average Bonchev–Trinajstić information content (AvgIpc) is 3.25. The number of fused-ring (bicyclic) bond motifs is 2. The SMILES string of the molecule is O=C(Cc1cc(=O)c2ccccc2o1)NCCn1ncc2c(=O)n(Cc3cccc(Cl)c3)cnc21. The quantitative estimate of drug-likeness (QED) is 0.376. The third kappa shape index (κ3) is 4.85. The minimum atomic E-state index is -0.295. The zero-order valence-corrected chi connectivity index (χ0v) is 19.2. The Labute approximate surface area is 203 Å². The van der Waals surface area contributed by atoms with Gasteiger partial charge in [-0.25, -0.2) is 9.67 Å². The number of rotatable bonds is 7. The maximum atomic E-state index is 12.9. The smallest absolute Gasteiger partial charge is 0.264 e. The lowest BCUT2D eigenvalue weighted by atomic mass is 10.2. The normalized spacial score (nSPS) is 11.2. The second-order valence-corrected chi connectivity index (χ2v) is 8.45. The summed E-state index contributed by atoms with van der Waals surface area (Å²) in [5.74, 6) is -0.00519. The van der Waals surface area contributed by atoms with Crippen molar-refractivity contribution in [3.63, 3.8) is 0 Å². The number of halogens is 1. The first-order valence-electron chi connectivity index (χ1n) is 10.9. The van der Waals surface area contributed by atoms with E-state index in [1.807, 2.05) is 12.1 Å². The fraction of sp³-hybridized carbons (Fsp3) is 0.160. The lowest BCUT2D eigenvalue weighted by Crippen LogP contribution is -2.29. The molecule has 0 bridgehead atoms. The highest BCUT2D eigenvalue weighted by atomic mass is 35.5. The van der Waals surface area contributed by atoms with Crippen LogP contribution in [0.5, 0.6) is 0 Å². The second-order valence-electron chi connectivity index (χ2n) is 8.01. The minimum Gasteiger partial charge on any atom is -0.460 e. The maximum Gasteiger partial charge on any atom is 0.264 e. The molecule has 0 unspecified atom stereocenters. The predicted octanol–water partition coefficient (Wildman–Crippen LogP) is 2.76. The van der Waals surface area contributed by atoms with Crippen LogP contribution < -0.4 is 16.3 Å². The molecule has 10 heteroatoms. The van der Waals surface area contributed by atoms with Gasteiger partial charge >= 0.3 is 0 Å². The first-order chi connectivity index (χ1) is 17.0. The monoisotopic (exact) mass is 489 g/mol. The Hall–Kier alpha value is -4.24. The molecule has 5 rings (SSSR count). The second kappa shape index (κ2) is 9.55. The summed E-state index contributed by atoms with van der Waals surface area (Å²) in [5, 5.41) is 8.49. The van der Waals surface area contributed by atoms with Crippen LogP contribution in [0.4, 0.5) is 0 Å². The highest BCUT2D eigenvalue weighted by Crippen LogP contribution is 2.13. The van der Waals surface area contributed by atoms with Crippen molar-refractivity contribution in [2.24, 2.45) is 0 Å². The summed E-state index contributed by atoms with van der Waals surface area (Å²) >= 11 is 6.03. The lowest BCUT2D eigenvalue weighted by molar-refractivity contribution is -0.120. The van der Waals surface area contributed by atoms with Crippen molar-refractivity contribution >= 4 is 39.5 Å². The van der Waals surface area contributed by atoms with Gasteiger partial charge in [-0.15, -0.1) is 0 Å². The summed E-state index contributed by atoms with van der Waals surface area (Å²) in [7, 11) is 0. The van der Waals surface area contributed by atoms with Gasteiger partial charge in [0.2, 0.25) is 5.91 Å². The first-order valence-corrected chi connectivity index (χ1v) is 11.3. The molecule has 0 spiro atoms. The Balaban J connectivity index is 1.23. The van der Waals surface area contributed by atoms with Gasteiger partial charge in [0.15, 0.2) is 11.1 Å². The van der Waals surface area contributed by atoms with Crippen molar-refractivity contribution < 1.29 is 9.21 Å². The van der Waals surface area contributed by atoms with Gasteiger partial charge in [0.1, 0.15) is 23.1 Å². The molecule has 0 saturated carbocycles. The van der Waals surface area contributed by atoms with Crippen LogP contribution in [0.15, 0.2) is 81.1 Å². The molecule has 0 aliphatic rings. The van der Waals surface area contributed by atoms with E-state index in [1.54, 1.807) is 41.1 Å². The van der Waals surface area contributed by atoms with Crippen LogP contribution in [0.2, 0.25) is 5.02 Å². The van der Waals surface area contributed by atoms with Crippen LogP contribution >= 0.6 is 11.6 Å². The molecule has 1 amide bonds. The maximum absolute atomic E-state index is 12.9. The third-order valence-corrected chi connectivity index (χ3v) is 5.77. The molecule has 0 atom stereocenters. The Kier molecular flexibility index (Phi) is 6.15. The standard InChI is InChI=1S/C25H20ClN5O4/c26-17-5-3-4-16(10-17)14-30-15-28-24-20(25(30)34)13-29-31(24)9-8-27-23(33)12-18-11-21(32)19-6-1-2-7-22(19)35-18/h1-7,10-11,13,15H,8-9,12,14H2,(H,27,33). The number of nitrogens with one attached hydrogen (secondary N) is 1. The largest absolute Gasteiger partial charge is 0.460 e. The van der Waals surface area contributed by atoms with E-state index in [-0.39, 0.29) is 35.6 Å². The molecule has 9 nitrogen and oxygen atoms in total. The molecule has 0 saturated heterocycles. The van der Waals surface area contributed by atoms with Gasteiger partial charge < -0.3 is 9.73 Å². The van der Waals surface area contributed by atoms with Crippen LogP contribution in [-0.4, -0.2) is 31.8 Å². The summed E-state index contributed by atoms with van der Waals surface area (Å²) in [6, 6.07) is 15.5. The van der Waals surface area contributed by atoms with Gasteiger partial charge in [-0.1, -0.05) is 35.9 Å². The molecule has 2 aromatic carbocycles. The molecule has 0 aliphatic carbocycles. The molecule has 1 N–H and O–H groups in total. The highest BCUT2D eigenvalue weighted by molar-refractivity contribution is 6.30. The fourth-order valence-electron chi connectivity index (χ4n) is 3.87. The van der Waals surface area contributed by atoms with E-state index >= 15 is 0 Å². The zero-order valence-electron chi connectivity index (χ0n) is 18.5. The van der Waals surface area contributed by atoms with Gasteiger partial charge in [0.25, 0.3) is 5.56 Å². The molecular formula is C25H20ClN5O4. The van der Waals surface area contributed by atoms with Gasteiger partial charge in [-0.3, -0.25) is 19.0 Å². The number of hydrogen-bond donors (Lipinski definition) is 1. The summed E-state index contributed by atoms with van der Waals surface area (Å²) in [4.78, 5) is 41.8. The van der Waals surface area contributed by atoms with Crippen molar-refractivity contribution in [3.05, 3.63) is 104 Å². The molecule has 0 aliphatic heterocycles. The van der Waals surface area contributed by atoms with E-state index in [9.17, 15) is 14.4 Å². The number of amides is 1. The summed E-state index contributed by atoms with van der Waals surface area (Å²) in [5.41, 5.74) is 1.37. The topological polar surface area (TPSA) is 112 Å². The number of hydrogen-bond acceptors (Lipinski definition) is 6. The zero-order chi connectivity index (χ0) is 24.4. The van der Waals surface area contributed by atoms with Crippen LogP contribution in [0.25, 0.3) is 22.0 Å². The number of para-hydroxylation sites is 1.